The van der Waals surface area contributed by atoms with Crippen LogP contribution in [0.1, 0.15) is 26.3 Å². The predicted octanol–water partition coefficient (Wildman–Crippen LogP) is 2.08. The average molecular weight is 255 g/mol. The average Bonchev–Trinajstić information content (AvgIpc) is 2.26. The maximum absolute atomic E-state index is 11.4. The van der Waals surface area contributed by atoms with Crippen molar-refractivity contribution in [2.45, 2.75) is 32.2 Å². The molecule has 1 aromatic carbocycles. The molecule has 0 heterocycles. The fraction of sp³-hybridized carbons (Fsp3) is 0.462. The van der Waals surface area contributed by atoms with Crippen LogP contribution in [0.15, 0.2) is 24.3 Å². The minimum Gasteiger partial charge on any atom is -0.354 e. The van der Waals surface area contributed by atoms with Crippen molar-refractivity contribution >= 4 is 17.5 Å². The Hall–Kier alpha value is -1.06. The van der Waals surface area contributed by atoms with Crippen molar-refractivity contribution in [3.05, 3.63) is 34.9 Å². The minimum absolute atomic E-state index is 0.139. The lowest BCUT2D eigenvalue weighted by molar-refractivity contribution is -0.122. The molecule has 0 aliphatic carbocycles. The second kappa shape index (κ2) is 5.52. The summed E-state index contributed by atoms with van der Waals surface area (Å²) in [4.78, 5) is 11.4. The summed E-state index contributed by atoms with van der Waals surface area (Å²) in [7, 11) is 0. The lowest BCUT2D eigenvalue weighted by Crippen LogP contribution is -2.43. The number of hydrogen-bond acceptors (Lipinski definition) is 2. The monoisotopic (exact) mass is 254 g/mol. The highest BCUT2D eigenvalue weighted by Crippen LogP contribution is 2.24. The quantitative estimate of drug-likeness (QED) is 0.865. The maximum Gasteiger partial charge on any atom is 0.236 e. The number of carbonyl (C=O) groups is 1. The van der Waals surface area contributed by atoms with Gasteiger partial charge in [-0.2, -0.15) is 0 Å². The molecule has 0 radical (unpaired) electrons. The van der Waals surface area contributed by atoms with Crippen molar-refractivity contribution in [1.82, 2.24) is 5.32 Å². The predicted molar refractivity (Wildman–Crippen MR) is 71.1 cm³/mol. The van der Waals surface area contributed by atoms with Crippen molar-refractivity contribution in [2.24, 2.45) is 5.73 Å². The second-order valence-electron chi connectivity index (χ2n) is 4.90. The Balaban J connectivity index is 2.72. The Kier molecular flexibility index (Phi) is 4.54. The molecule has 1 rings (SSSR count). The summed E-state index contributed by atoms with van der Waals surface area (Å²) < 4.78 is 0. The Morgan fingerprint density at radius 2 is 2.18 bits per heavy atom. The van der Waals surface area contributed by atoms with Crippen molar-refractivity contribution in [2.75, 3.05) is 6.54 Å². The summed E-state index contributed by atoms with van der Waals surface area (Å²) in [5.74, 6) is -0.139. The minimum atomic E-state index is -0.481. The van der Waals surface area contributed by atoms with E-state index in [0.29, 0.717) is 11.6 Å². The molecule has 0 aliphatic rings. The van der Waals surface area contributed by atoms with Gasteiger partial charge in [0.25, 0.3) is 0 Å². The molecule has 1 atom stereocenters. The summed E-state index contributed by atoms with van der Waals surface area (Å²) in [6.07, 6.45) is 0. The van der Waals surface area contributed by atoms with E-state index in [4.69, 9.17) is 17.3 Å². The molecule has 1 amide bonds. The van der Waals surface area contributed by atoms with Gasteiger partial charge in [-0.25, -0.2) is 0 Å². The van der Waals surface area contributed by atoms with Crippen LogP contribution in [0, 0.1) is 0 Å². The standard InChI is InChI=1S/C13H19ClN2O/c1-9(15)12(17)16-8-13(2,3)10-5-4-6-11(14)7-10/h4-7,9H,8,15H2,1-3H3,(H,16,17)/t9-/m1/s1. The molecule has 3 N–H and O–H groups in total. The van der Waals surface area contributed by atoms with Crippen LogP contribution in [-0.4, -0.2) is 18.5 Å². The zero-order chi connectivity index (χ0) is 13.1. The fourth-order valence-corrected chi connectivity index (χ4v) is 1.67. The van der Waals surface area contributed by atoms with Crippen LogP contribution >= 0.6 is 11.6 Å². The molecule has 0 fully saturated rings. The van der Waals surface area contributed by atoms with Crippen LogP contribution in [-0.2, 0) is 10.2 Å². The van der Waals surface area contributed by atoms with Crippen LogP contribution in [0.4, 0.5) is 0 Å². The van der Waals surface area contributed by atoms with E-state index in [0.717, 1.165) is 5.56 Å². The first-order valence-electron chi connectivity index (χ1n) is 5.62. The van der Waals surface area contributed by atoms with Gasteiger partial charge in [0.1, 0.15) is 0 Å². The molecule has 0 unspecified atom stereocenters. The van der Waals surface area contributed by atoms with Crippen molar-refractivity contribution < 1.29 is 4.79 Å². The van der Waals surface area contributed by atoms with Gasteiger partial charge in [-0.05, 0) is 24.6 Å². The molecule has 0 saturated heterocycles. The molecular weight excluding hydrogens is 236 g/mol. The molecule has 94 valence electrons. The van der Waals surface area contributed by atoms with Gasteiger partial charge in [0.15, 0.2) is 0 Å². The van der Waals surface area contributed by atoms with Gasteiger partial charge in [0.2, 0.25) is 5.91 Å². The SMILES string of the molecule is C[C@@H](N)C(=O)NCC(C)(C)c1cccc(Cl)c1. The summed E-state index contributed by atoms with van der Waals surface area (Å²) in [6.45, 7) is 6.32. The Morgan fingerprint density at radius 3 is 2.71 bits per heavy atom. The first-order valence-corrected chi connectivity index (χ1v) is 6.00. The third-order valence-electron chi connectivity index (χ3n) is 2.72. The van der Waals surface area contributed by atoms with Gasteiger partial charge in [0, 0.05) is 17.0 Å². The van der Waals surface area contributed by atoms with Crippen molar-refractivity contribution in [1.29, 1.82) is 0 Å². The van der Waals surface area contributed by atoms with E-state index in [-0.39, 0.29) is 11.3 Å². The molecule has 4 heteroatoms. The smallest absolute Gasteiger partial charge is 0.236 e. The highest BCUT2D eigenvalue weighted by molar-refractivity contribution is 6.30. The third kappa shape index (κ3) is 4.02. The number of hydrogen-bond donors (Lipinski definition) is 2. The van der Waals surface area contributed by atoms with E-state index < -0.39 is 6.04 Å². The van der Waals surface area contributed by atoms with Gasteiger partial charge in [-0.15, -0.1) is 0 Å². The van der Waals surface area contributed by atoms with E-state index in [2.05, 4.69) is 19.2 Å². The van der Waals surface area contributed by atoms with Gasteiger partial charge in [0.05, 0.1) is 6.04 Å². The summed E-state index contributed by atoms with van der Waals surface area (Å²) in [6, 6.07) is 7.18. The molecule has 17 heavy (non-hydrogen) atoms. The highest BCUT2D eigenvalue weighted by Gasteiger charge is 2.22. The number of nitrogens with two attached hydrogens (primary N) is 1. The van der Waals surface area contributed by atoms with E-state index in [9.17, 15) is 4.79 Å². The molecule has 0 aromatic heterocycles. The van der Waals surface area contributed by atoms with Crippen molar-refractivity contribution in [3.8, 4) is 0 Å². The largest absolute Gasteiger partial charge is 0.354 e. The van der Waals surface area contributed by atoms with Crippen LogP contribution in [0.2, 0.25) is 5.02 Å². The fourth-order valence-electron chi connectivity index (χ4n) is 1.48. The zero-order valence-corrected chi connectivity index (χ0v) is 11.2. The summed E-state index contributed by atoms with van der Waals surface area (Å²) >= 11 is 5.96. The highest BCUT2D eigenvalue weighted by atomic mass is 35.5. The first kappa shape index (κ1) is 14.0. The Labute approximate surface area is 107 Å². The number of benzene rings is 1. The normalized spacial score (nSPS) is 13.2. The van der Waals surface area contributed by atoms with Gasteiger partial charge in [-0.3, -0.25) is 4.79 Å². The molecule has 3 nitrogen and oxygen atoms in total. The molecule has 0 aliphatic heterocycles. The van der Waals surface area contributed by atoms with Crippen LogP contribution in [0.5, 0.6) is 0 Å². The van der Waals surface area contributed by atoms with Crippen LogP contribution in [0.25, 0.3) is 0 Å². The van der Waals surface area contributed by atoms with Gasteiger partial charge in [-0.1, -0.05) is 37.6 Å². The molecular formula is C13H19ClN2O. The number of halogens is 1. The van der Waals surface area contributed by atoms with E-state index in [1.54, 1.807) is 6.92 Å². The summed E-state index contributed by atoms with van der Waals surface area (Å²) in [5.41, 5.74) is 6.42. The van der Waals surface area contributed by atoms with Gasteiger partial charge < -0.3 is 11.1 Å². The van der Waals surface area contributed by atoms with Crippen molar-refractivity contribution in [3.63, 3.8) is 0 Å². The van der Waals surface area contributed by atoms with E-state index in [1.165, 1.54) is 0 Å². The summed E-state index contributed by atoms with van der Waals surface area (Å²) in [5, 5.41) is 3.54. The van der Waals surface area contributed by atoms with Crippen LogP contribution < -0.4 is 11.1 Å². The second-order valence-corrected chi connectivity index (χ2v) is 5.34. The molecule has 0 saturated carbocycles. The number of carbonyl (C=O) groups excluding carboxylic acids is 1. The number of amides is 1. The molecule has 1 aromatic rings. The lowest BCUT2D eigenvalue weighted by atomic mass is 9.84. The number of rotatable bonds is 4. The Bertz CT molecular complexity index is 402. The molecule has 0 bridgehead atoms. The molecule has 0 spiro atoms. The lowest BCUT2D eigenvalue weighted by Gasteiger charge is -2.26. The Morgan fingerprint density at radius 1 is 1.53 bits per heavy atom. The van der Waals surface area contributed by atoms with Crippen LogP contribution in [0.3, 0.4) is 0 Å². The zero-order valence-electron chi connectivity index (χ0n) is 10.5. The third-order valence-corrected chi connectivity index (χ3v) is 2.96. The van der Waals surface area contributed by atoms with E-state index in [1.807, 2.05) is 24.3 Å². The number of nitrogens with one attached hydrogen (secondary N) is 1. The van der Waals surface area contributed by atoms with Gasteiger partial charge >= 0.3 is 0 Å². The first-order chi connectivity index (χ1) is 7.83. The maximum atomic E-state index is 11.4. The topological polar surface area (TPSA) is 55.1 Å². The van der Waals surface area contributed by atoms with E-state index >= 15 is 0 Å².